The Labute approximate surface area is 145 Å². The third-order valence-electron chi connectivity index (χ3n) is 3.94. The van der Waals surface area contributed by atoms with Gasteiger partial charge in [0.05, 0.1) is 5.92 Å². The van der Waals surface area contributed by atoms with Crippen molar-refractivity contribution in [3.05, 3.63) is 0 Å². The van der Waals surface area contributed by atoms with Crippen LogP contribution in [0.1, 0.15) is 78.6 Å². The fraction of sp³-hybridized carbons (Fsp3) is 0.833. The first-order valence-corrected chi connectivity index (χ1v) is 9.19. The minimum atomic E-state index is -0.761. The normalized spacial score (nSPS) is 13.1. The van der Waals surface area contributed by atoms with Crippen LogP contribution in [0, 0.1) is 5.92 Å². The fourth-order valence-corrected chi connectivity index (χ4v) is 2.60. The Morgan fingerprint density at radius 1 is 0.958 bits per heavy atom. The van der Waals surface area contributed by atoms with Gasteiger partial charge in [-0.05, 0) is 32.6 Å². The van der Waals surface area contributed by atoms with E-state index in [2.05, 4.69) is 17.6 Å². The number of aliphatic carboxylic acids is 1. The summed E-state index contributed by atoms with van der Waals surface area (Å²) in [5, 5.41) is 14.7. The lowest BCUT2D eigenvalue weighted by Crippen LogP contribution is -2.37. The van der Waals surface area contributed by atoms with Gasteiger partial charge in [0.15, 0.2) is 0 Å². The van der Waals surface area contributed by atoms with Crippen molar-refractivity contribution in [2.24, 2.45) is 5.92 Å². The summed E-state index contributed by atoms with van der Waals surface area (Å²) in [7, 11) is 0. The number of carbonyl (C=O) groups is 3. The van der Waals surface area contributed by atoms with Gasteiger partial charge in [0.2, 0.25) is 11.8 Å². The van der Waals surface area contributed by atoms with Crippen molar-refractivity contribution in [1.82, 2.24) is 10.6 Å². The molecule has 6 nitrogen and oxygen atoms in total. The maximum Gasteiger partial charge on any atom is 0.306 e. The van der Waals surface area contributed by atoms with Crippen LogP contribution in [0.2, 0.25) is 0 Å². The van der Waals surface area contributed by atoms with E-state index >= 15 is 0 Å². The molecule has 0 aliphatic heterocycles. The second-order valence-electron chi connectivity index (χ2n) is 6.45. The Morgan fingerprint density at radius 3 is 2.25 bits per heavy atom. The van der Waals surface area contributed by atoms with Crippen LogP contribution in [-0.4, -0.2) is 35.5 Å². The highest BCUT2D eigenvalue weighted by Crippen LogP contribution is 2.13. The van der Waals surface area contributed by atoms with E-state index in [1.54, 1.807) is 0 Å². The standard InChI is InChI=1S/C18H34N2O4/c1-4-6-7-11-16(21)20-14(3)13-17(22)19-12-8-10-15(9-5-2)18(23)24/h14-15H,4-13H2,1-3H3,(H,19,22)(H,20,21)(H,23,24). The lowest BCUT2D eigenvalue weighted by Gasteiger charge is -2.14. The molecule has 0 bridgehead atoms. The van der Waals surface area contributed by atoms with E-state index in [4.69, 9.17) is 5.11 Å². The maximum absolute atomic E-state index is 11.8. The molecular formula is C18H34N2O4. The molecule has 24 heavy (non-hydrogen) atoms. The predicted octanol–water partition coefficient (Wildman–Crippen LogP) is 2.86. The van der Waals surface area contributed by atoms with Crippen molar-refractivity contribution in [3.63, 3.8) is 0 Å². The molecule has 0 aliphatic rings. The van der Waals surface area contributed by atoms with Crippen LogP contribution in [0.4, 0.5) is 0 Å². The van der Waals surface area contributed by atoms with Crippen LogP contribution in [0.25, 0.3) is 0 Å². The van der Waals surface area contributed by atoms with Gasteiger partial charge in [0.25, 0.3) is 0 Å². The summed E-state index contributed by atoms with van der Waals surface area (Å²) >= 11 is 0. The van der Waals surface area contributed by atoms with Crippen molar-refractivity contribution < 1.29 is 19.5 Å². The number of carboxylic acids is 1. The van der Waals surface area contributed by atoms with Gasteiger partial charge < -0.3 is 15.7 Å². The topological polar surface area (TPSA) is 95.5 Å². The molecular weight excluding hydrogens is 308 g/mol. The van der Waals surface area contributed by atoms with Gasteiger partial charge >= 0.3 is 5.97 Å². The number of nitrogens with one attached hydrogen (secondary N) is 2. The first-order chi connectivity index (χ1) is 11.4. The molecule has 0 rings (SSSR count). The summed E-state index contributed by atoms with van der Waals surface area (Å²) in [6, 6.07) is -0.189. The average molecular weight is 342 g/mol. The first kappa shape index (κ1) is 22.4. The first-order valence-electron chi connectivity index (χ1n) is 9.19. The quantitative estimate of drug-likeness (QED) is 0.423. The van der Waals surface area contributed by atoms with Gasteiger partial charge in [-0.25, -0.2) is 0 Å². The molecule has 0 aromatic heterocycles. The van der Waals surface area contributed by atoms with Gasteiger partial charge in [-0.15, -0.1) is 0 Å². The fourth-order valence-electron chi connectivity index (χ4n) is 2.60. The largest absolute Gasteiger partial charge is 0.481 e. The van der Waals surface area contributed by atoms with E-state index in [1.165, 1.54) is 0 Å². The Bertz CT molecular complexity index is 385. The van der Waals surface area contributed by atoms with Crippen LogP contribution in [0.3, 0.4) is 0 Å². The number of amides is 2. The summed E-state index contributed by atoms with van der Waals surface area (Å²) in [4.78, 5) is 34.5. The van der Waals surface area contributed by atoms with E-state index < -0.39 is 5.97 Å². The lowest BCUT2D eigenvalue weighted by atomic mass is 9.98. The lowest BCUT2D eigenvalue weighted by molar-refractivity contribution is -0.142. The molecule has 0 fully saturated rings. The second kappa shape index (κ2) is 13.8. The Kier molecular flexibility index (Phi) is 12.9. The van der Waals surface area contributed by atoms with Crippen molar-refractivity contribution >= 4 is 17.8 Å². The number of unbranched alkanes of at least 4 members (excludes halogenated alkanes) is 2. The molecule has 0 aliphatic carbocycles. The number of rotatable bonds is 14. The van der Waals surface area contributed by atoms with Gasteiger partial charge in [-0.2, -0.15) is 0 Å². The SMILES string of the molecule is CCCCCC(=O)NC(C)CC(=O)NCCCC(CCC)C(=O)O. The minimum absolute atomic E-state index is 0.00684. The van der Waals surface area contributed by atoms with Crippen LogP contribution in [0.15, 0.2) is 0 Å². The summed E-state index contributed by atoms with van der Waals surface area (Å²) < 4.78 is 0. The predicted molar refractivity (Wildman–Crippen MR) is 94.6 cm³/mol. The molecule has 0 saturated heterocycles. The molecule has 140 valence electrons. The molecule has 2 unspecified atom stereocenters. The van der Waals surface area contributed by atoms with Gasteiger partial charge in [-0.1, -0.05) is 33.1 Å². The van der Waals surface area contributed by atoms with Crippen molar-refractivity contribution in [2.75, 3.05) is 6.54 Å². The van der Waals surface area contributed by atoms with Gasteiger partial charge in [0, 0.05) is 25.4 Å². The molecule has 2 atom stereocenters. The molecule has 0 heterocycles. The van der Waals surface area contributed by atoms with Gasteiger partial charge in [-0.3, -0.25) is 14.4 Å². The highest BCUT2D eigenvalue weighted by molar-refractivity contribution is 5.79. The Hall–Kier alpha value is -1.59. The van der Waals surface area contributed by atoms with E-state index in [0.29, 0.717) is 32.2 Å². The van der Waals surface area contributed by atoms with E-state index in [1.807, 2.05) is 13.8 Å². The number of carboxylic acid groups (broad SMARTS) is 1. The number of hydrogen-bond acceptors (Lipinski definition) is 3. The van der Waals surface area contributed by atoms with Crippen molar-refractivity contribution in [1.29, 1.82) is 0 Å². The molecule has 0 aromatic carbocycles. The van der Waals surface area contributed by atoms with E-state index in [-0.39, 0.29) is 30.2 Å². The average Bonchev–Trinajstić information content (AvgIpc) is 2.50. The molecule has 0 saturated carbocycles. The highest BCUT2D eigenvalue weighted by atomic mass is 16.4. The number of hydrogen-bond donors (Lipinski definition) is 3. The van der Waals surface area contributed by atoms with Gasteiger partial charge in [0.1, 0.15) is 0 Å². The monoisotopic (exact) mass is 342 g/mol. The summed E-state index contributed by atoms with van der Waals surface area (Å²) in [6.45, 7) is 6.35. The molecule has 2 amide bonds. The molecule has 0 aromatic rings. The zero-order valence-electron chi connectivity index (χ0n) is 15.4. The van der Waals surface area contributed by atoms with E-state index in [0.717, 1.165) is 25.7 Å². The van der Waals surface area contributed by atoms with Crippen molar-refractivity contribution in [3.8, 4) is 0 Å². The Balaban J connectivity index is 3.84. The third kappa shape index (κ3) is 11.9. The molecule has 6 heteroatoms. The van der Waals surface area contributed by atoms with E-state index in [9.17, 15) is 14.4 Å². The Morgan fingerprint density at radius 2 is 1.67 bits per heavy atom. The maximum atomic E-state index is 11.8. The third-order valence-corrected chi connectivity index (χ3v) is 3.94. The minimum Gasteiger partial charge on any atom is -0.481 e. The van der Waals surface area contributed by atoms with Crippen molar-refractivity contribution in [2.45, 2.75) is 84.6 Å². The highest BCUT2D eigenvalue weighted by Gasteiger charge is 2.16. The second-order valence-corrected chi connectivity index (χ2v) is 6.45. The molecule has 3 N–H and O–H groups in total. The number of carbonyl (C=O) groups excluding carboxylic acids is 2. The van der Waals surface area contributed by atoms with Crippen LogP contribution in [-0.2, 0) is 14.4 Å². The van der Waals surface area contributed by atoms with Crippen LogP contribution < -0.4 is 10.6 Å². The summed E-state index contributed by atoms with van der Waals surface area (Å²) in [6.07, 6.45) is 6.50. The molecule has 0 spiro atoms. The summed E-state index contributed by atoms with van der Waals surface area (Å²) in [5.41, 5.74) is 0. The van der Waals surface area contributed by atoms with Crippen LogP contribution in [0.5, 0.6) is 0 Å². The summed E-state index contributed by atoms with van der Waals surface area (Å²) in [5.74, 6) is -1.21. The zero-order valence-corrected chi connectivity index (χ0v) is 15.4. The smallest absolute Gasteiger partial charge is 0.306 e. The zero-order chi connectivity index (χ0) is 18.4. The van der Waals surface area contributed by atoms with Crippen LogP contribution >= 0.6 is 0 Å². The molecule has 0 radical (unpaired) electrons.